The monoisotopic (exact) mass is 462 g/mol. The van der Waals surface area contributed by atoms with Gasteiger partial charge in [-0.15, -0.1) is 0 Å². The number of nitriles is 1. The summed E-state index contributed by atoms with van der Waals surface area (Å²) >= 11 is 12.0. The van der Waals surface area contributed by atoms with Gasteiger partial charge in [-0.1, -0.05) is 47.5 Å². The zero-order valence-corrected chi connectivity index (χ0v) is 18.7. The minimum absolute atomic E-state index is 0.188. The van der Waals surface area contributed by atoms with Crippen molar-refractivity contribution in [1.82, 2.24) is 14.6 Å². The van der Waals surface area contributed by atoms with Crippen LogP contribution in [0.4, 0.5) is 0 Å². The van der Waals surface area contributed by atoms with E-state index in [1.807, 2.05) is 12.1 Å². The number of rotatable bonds is 3. The fourth-order valence-corrected chi connectivity index (χ4v) is 4.97. The molecule has 0 radical (unpaired) electrons. The summed E-state index contributed by atoms with van der Waals surface area (Å²) in [5.41, 5.74) is 3.91. The second kappa shape index (κ2) is 8.46. The van der Waals surface area contributed by atoms with Gasteiger partial charge >= 0.3 is 0 Å². The lowest BCUT2D eigenvalue weighted by molar-refractivity contribution is 0.390. The first-order valence-electron chi connectivity index (χ1n) is 10.6. The van der Waals surface area contributed by atoms with Gasteiger partial charge in [-0.25, -0.2) is 4.98 Å². The molecule has 5 rings (SSSR count). The Kier molecular flexibility index (Phi) is 5.50. The van der Waals surface area contributed by atoms with Crippen LogP contribution in [-0.4, -0.2) is 14.6 Å². The van der Waals surface area contributed by atoms with E-state index in [0.29, 0.717) is 27.7 Å². The van der Waals surface area contributed by atoms with Crippen LogP contribution >= 0.6 is 23.2 Å². The van der Waals surface area contributed by atoms with Crippen LogP contribution in [0.2, 0.25) is 10.0 Å². The van der Waals surface area contributed by atoms with Gasteiger partial charge in [-0.3, -0.25) is 9.89 Å². The molecule has 0 amide bonds. The Morgan fingerprint density at radius 3 is 2.16 bits per heavy atom. The van der Waals surface area contributed by atoms with Crippen molar-refractivity contribution in [2.45, 2.75) is 37.5 Å². The van der Waals surface area contributed by atoms with Crippen LogP contribution in [-0.2, 0) is 0 Å². The van der Waals surface area contributed by atoms with Gasteiger partial charge in [0.25, 0.3) is 5.56 Å². The van der Waals surface area contributed by atoms with Gasteiger partial charge in [0.15, 0.2) is 5.65 Å². The number of hydrogen-bond acceptors (Lipinski definition) is 3. The third kappa shape index (κ3) is 3.70. The molecule has 160 valence electrons. The van der Waals surface area contributed by atoms with E-state index in [2.05, 4.69) is 28.3 Å². The number of nitrogens with one attached hydrogen (secondary N) is 1. The van der Waals surface area contributed by atoms with Gasteiger partial charge in [0.1, 0.15) is 11.6 Å². The van der Waals surface area contributed by atoms with Crippen LogP contribution in [0.1, 0.15) is 54.3 Å². The van der Waals surface area contributed by atoms with E-state index in [0.717, 1.165) is 42.0 Å². The predicted octanol–water partition coefficient (Wildman–Crippen LogP) is 6.31. The largest absolute Gasteiger partial charge is 0.292 e. The molecule has 0 unspecified atom stereocenters. The number of H-pyrrole nitrogens is 1. The van der Waals surface area contributed by atoms with Crippen LogP contribution in [0.5, 0.6) is 0 Å². The van der Waals surface area contributed by atoms with Gasteiger partial charge in [0.05, 0.1) is 11.3 Å². The predicted molar refractivity (Wildman–Crippen MR) is 126 cm³/mol. The van der Waals surface area contributed by atoms with Crippen molar-refractivity contribution in [1.29, 1.82) is 5.26 Å². The van der Waals surface area contributed by atoms with Gasteiger partial charge in [0.2, 0.25) is 0 Å². The molecule has 2 heterocycles. The molecule has 5 nitrogen and oxygen atoms in total. The number of halogens is 2. The topological polar surface area (TPSA) is 73.9 Å². The van der Waals surface area contributed by atoms with Crippen molar-refractivity contribution >= 4 is 28.8 Å². The first-order valence-corrected chi connectivity index (χ1v) is 11.4. The summed E-state index contributed by atoms with van der Waals surface area (Å²) in [4.78, 5) is 17.6. The Hall–Kier alpha value is -3.07. The van der Waals surface area contributed by atoms with E-state index < -0.39 is 0 Å². The Labute approximate surface area is 195 Å². The number of benzene rings is 2. The Morgan fingerprint density at radius 2 is 1.53 bits per heavy atom. The fraction of sp³-hybridized carbons (Fsp3) is 0.240. The normalized spacial score (nSPS) is 18.5. The molecular weight excluding hydrogens is 443 g/mol. The highest BCUT2D eigenvalue weighted by Crippen LogP contribution is 2.41. The third-order valence-electron chi connectivity index (χ3n) is 6.43. The number of fused-ring (bicyclic) bond motifs is 1. The molecule has 1 aliphatic rings. The summed E-state index contributed by atoms with van der Waals surface area (Å²) in [6, 6.07) is 17.4. The van der Waals surface area contributed by atoms with Crippen molar-refractivity contribution in [2.24, 2.45) is 0 Å². The maximum absolute atomic E-state index is 13.2. The average Bonchev–Trinajstić information content (AvgIpc) is 3.20. The summed E-state index contributed by atoms with van der Waals surface area (Å²) in [7, 11) is 0. The van der Waals surface area contributed by atoms with Crippen molar-refractivity contribution in [3.8, 4) is 17.2 Å². The van der Waals surface area contributed by atoms with E-state index in [-0.39, 0.29) is 11.5 Å². The first kappa shape index (κ1) is 20.8. The highest BCUT2D eigenvalue weighted by Gasteiger charge is 2.28. The minimum atomic E-state index is -0.227. The Balaban J connectivity index is 1.46. The summed E-state index contributed by atoms with van der Waals surface area (Å²) in [6.45, 7) is 0. The number of hydrogen-bond donors (Lipinski definition) is 1. The average molecular weight is 463 g/mol. The highest BCUT2D eigenvalue weighted by molar-refractivity contribution is 6.30. The summed E-state index contributed by atoms with van der Waals surface area (Å²) < 4.78 is 1.41. The van der Waals surface area contributed by atoms with Crippen molar-refractivity contribution < 1.29 is 0 Å². The lowest BCUT2D eigenvalue weighted by Crippen LogP contribution is -2.18. The van der Waals surface area contributed by atoms with Crippen molar-refractivity contribution in [3.05, 3.63) is 91.9 Å². The third-order valence-corrected chi connectivity index (χ3v) is 6.93. The quantitative estimate of drug-likeness (QED) is 0.387. The molecule has 2 aromatic heterocycles. The van der Waals surface area contributed by atoms with Gasteiger partial charge in [0, 0.05) is 22.2 Å². The molecular formula is C25H20Cl2N4O. The molecule has 7 heteroatoms. The molecule has 2 aromatic carbocycles. The molecule has 0 aliphatic heterocycles. The van der Waals surface area contributed by atoms with Crippen LogP contribution < -0.4 is 5.56 Å². The molecule has 1 fully saturated rings. The second-order valence-corrected chi connectivity index (χ2v) is 9.13. The maximum Gasteiger partial charge on any atom is 0.280 e. The lowest BCUT2D eigenvalue weighted by Gasteiger charge is -2.28. The van der Waals surface area contributed by atoms with E-state index in [1.54, 1.807) is 24.3 Å². The van der Waals surface area contributed by atoms with Crippen LogP contribution in [0.25, 0.3) is 16.8 Å². The Morgan fingerprint density at radius 1 is 0.938 bits per heavy atom. The molecule has 4 aromatic rings. The van der Waals surface area contributed by atoms with Gasteiger partial charge in [-0.2, -0.15) is 9.78 Å². The molecule has 1 aliphatic carbocycles. The van der Waals surface area contributed by atoms with Crippen LogP contribution in [0.3, 0.4) is 0 Å². The molecule has 1 N–H and O–H groups in total. The molecule has 0 atom stereocenters. The van der Waals surface area contributed by atoms with E-state index in [9.17, 15) is 10.1 Å². The van der Waals surface area contributed by atoms with Gasteiger partial charge < -0.3 is 0 Å². The van der Waals surface area contributed by atoms with Crippen LogP contribution in [0.15, 0.2) is 59.5 Å². The maximum atomic E-state index is 13.2. The van der Waals surface area contributed by atoms with Crippen molar-refractivity contribution in [2.75, 3.05) is 0 Å². The van der Waals surface area contributed by atoms with Crippen molar-refractivity contribution in [3.63, 3.8) is 0 Å². The zero-order chi connectivity index (χ0) is 22.2. The second-order valence-electron chi connectivity index (χ2n) is 8.26. The zero-order valence-electron chi connectivity index (χ0n) is 17.2. The number of aromatic amines is 1. The van der Waals surface area contributed by atoms with E-state index >= 15 is 0 Å². The summed E-state index contributed by atoms with van der Waals surface area (Å²) in [6.07, 6.45) is 5.45. The van der Waals surface area contributed by atoms with Gasteiger partial charge in [-0.05, 0) is 67.0 Å². The highest BCUT2D eigenvalue weighted by atomic mass is 35.5. The Bertz CT molecular complexity index is 1370. The fourth-order valence-electron chi connectivity index (χ4n) is 4.72. The number of nitrogens with zero attached hydrogens (tertiary/aromatic N) is 3. The molecule has 0 saturated heterocycles. The minimum Gasteiger partial charge on any atom is -0.292 e. The summed E-state index contributed by atoms with van der Waals surface area (Å²) in [5, 5.41) is 14.4. The molecule has 0 bridgehead atoms. The van der Waals surface area contributed by atoms with E-state index in [4.69, 9.17) is 23.2 Å². The molecule has 32 heavy (non-hydrogen) atoms. The lowest BCUT2D eigenvalue weighted by atomic mass is 9.77. The van der Waals surface area contributed by atoms with E-state index in [1.165, 1.54) is 16.3 Å². The standard InChI is InChI=1S/C25H20Cl2N4O/c26-19-9-5-16(6-10-19)15-1-3-18(4-2-15)23-21(13-28)24-29-14-22(25(32)31(24)30-23)17-7-11-20(27)12-8-17/h5-12,14-15,18,30H,1-4H2. The first-order chi connectivity index (χ1) is 15.5. The van der Waals surface area contributed by atoms with Crippen LogP contribution in [0, 0.1) is 11.3 Å². The number of aromatic nitrogens is 3. The smallest absolute Gasteiger partial charge is 0.280 e. The molecule has 1 saturated carbocycles. The molecule has 0 spiro atoms. The summed E-state index contributed by atoms with van der Waals surface area (Å²) in [5.74, 6) is 0.670. The SMILES string of the molecule is N#Cc1c(C2CCC(c3ccc(Cl)cc3)CC2)[nH]n2c(=O)c(-c3ccc(Cl)cc3)cnc12.